The molecule has 1 aromatic heterocycles. The zero-order valence-corrected chi connectivity index (χ0v) is 15.5. The Kier molecular flexibility index (Phi) is 4.89. The first-order chi connectivity index (χ1) is 12.4. The fourth-order valence-corrected chi connectivity index (χ4v) is 3.54. The Labute approximate surface area is 153 Å². The minimum atomic E-state index is -1.28. The summed E-state index contributed by atoms with van der Waals surface area (Å²) in [7, 11) is 0. The molecule has 1 aliphatic carbocycles. The summed E-state index contributed by atoms with van der Waals surface area (Å²) in [5, 5.41) is 2.66. The van der Waals surface area contributed by atoms with Crippen LogP contribution in [0.1, 0.15) is 51.1 Å². The lowest BCUT2D eigenvalue weighted by molar-refractivity contribution is -0.138. The molecule has 1 N–H and O–H groups in total. The van der Waals surface area contributed by atoms with Crippen molar-refractivity contribution in [3.8, 4) is 0 Å². The molecule has 0 aromatic carbocycles. The Morgan fingerprint density at radius 1 is 1.35 bits per heavy atom. The first kappa shape index (κ1) is 18.2. The number of nitrogens with zero attached hydrogens (tertiary/aromatic N) is 2. The molecule has 2 heterocycles. The van der Waals surface area contributed by atoms with Crippen LogP contribution in [0.15, 0.2) is 28.3 Å². The maximum Gasteiger partial charge on any atom is 0.325 e. The fraction of sp³-hybridized carbons (Fsp3) is 0.526. The third-order valence-corrected chi connectivity index (χ3v) is 5.03. The van der Waals surface area contributed by atoms with E-state index in [1.807, 2.05) is 6.92 Å². The first-order valence-electron chi connectivity index (χ1n) is 9.07. The SMILES string of the molecule is CCN(C(=O)CN1C(=O)NC(C)(c2ccc(C)o2)C1=O)C1=CCCCC1. The summed E-state index contributed by atoms with van der Waals surface area (Å²) in [6, 6.07) is 2.83. The number of furan rings is 1. The highest BCUT2D eigenvalue weighted by Gasteiger charge is 2.51. The number of urea groups is 1. The second-order valence-corrected chi connectivity index (χ2v) is 6.94. The van der Waals surface area contributed by atoms with Crippen molar-refractivity contribution in [2.75, 3.05) is 13.1 Å². The molecule has 7 nitrogen and oxygen atoms in total. The molecular formula is C19H25N3O4. The number of carbonyl (C=O) groups is 3. The van der Waals surface area contributed by atoms with Crippen LogP contribution in [-0.2, 0) is 15.1 Å². The highest BCUT2D eigenvalue weighted by atomic mass is 16.3. The Hall–Kier alpha value is -2.57. The van der Waals surface area contributed by atoms with Crippen LogP contribution in [0.25, 0.3) is 0 Å². The Morgan fingerprint density at radius 3 is 2.69 bits per heavy atom. The van der Waals surface area contributed by atoms with E-state index in [4.69, 9.17) is 4.42 Å². The molecule has 1 aromatic rings. The van der Waals surface area contributed by atoms with Crippen molar-refractivity contribution in [2.45, 2.75) is 52.0 Å². The molecule has 7 heteroatoms. The van der Waals surface area contributed by atoms with E-state index in [2.05, 4.69) is 11.4 Å². The molecule has 26 heavy (non-hydrogen) atoms. The van der Waals surface area contributed by atoms with Crippen LogP contribution in [0, 0.1) is 6.92 Å². The molecule has 1 saturated heterocycles. The third kappa shape index (κ3) is 3.13. The number of nitrogens with one attached hydrogen (secondary N) is 1. The van der Waals surface area contributed by atoms with Crippen molar-refractivity contribution in [1.82, 2.24) is 15.1 Å². The van der Waals surface area contributed by atoms with E-state index in [1.54, 1.807) is 30.9 Å². The monoisotopic (exact) mass is 359 g/mol. The molecule has 1 aliphatic heterocycles. The van der Waals surface area contributed by atoms with Gasteiger partial charge in [-0.2, -0.15) is 0 Å². The van der Waals surface area contributed by atoms with Crippen molar-refractivity contribution >= 4 is 17.8 Å². The molecule has 0 spiro atoms. The van der Waals surface area contributed by atoms with Crippen molar-refractivity contribution in [1.29, 1.82) is 0 Å². The molecule has 4 amide bonds. The van der Waals surface area contributed by atoms with Gasteiger partial charge in [-0.05, 0) is 58.6 Å². The lowest BCUT2D eigenvalue weighted by Gasteiger charge is -2.28. The number of amides is 4. The van der Waals surface area contributed by atoms with E-state index in [-0.39, 0.29) is 12.5 Å². The van der Waals surface area contributed by atoms with Crippen LogP contribution >= 0.6 is 0 Å². The summed E-state index contributed by atoms with van der Waals surface area (Å²) in [5.41, 5.74) is -0.299. The van der Waals surface area contributed by atoms with Gasteiger partial charge in [-0.1, -0.05) is 6.08 Å². The van der Waals surface area contributed by atoms with Gasteiger partial charge in [0.15, 0.2) is 5.54 Å². The number of likely N-dealkylation sites (N-methyl/N-ethyl adjacent to an activating group) is 1. The van der Waals surface area contributed by atoms with E-state index in [0.29, 0.717) is 18.1 Å². The standard InChI is InChI=1S/C19H25N3O4/c1-4-21(14-8-6-5-7-9-14)16(23)12-22-17(24)19(3,20-18(22)25)15-11-10-13(2)26-15/h8,10-11H,4-7,9,12H2,1-3H3,(H,20,25). The zero-order valence-electron chi connectivity index (χ0n) is 15.5. The molecule has 1 atom stereocenters. The average molecular weight is 359 g/mol. The highest BCUT2D eigenvalue weighted by molar-refractivity contribution is 6.08. The van der Waals surface area contributed by atoms with Crippen LogP contribution in [0.5, 0.6) is 0 Å². The maximum absolute atomic E-state index is 12.9. The molecule has 140 valence electrons. The Bertz CT molecular complexity index is 767. The summed E-state index contributed by atoms with van der Waals surface area (Å²) >= 11 is 0. The molecule has 1 fully saturated rings. The van der Waals surface area contributed by atoms with Crippen LogP contribution in [0.4, 0.5) is 4.79 Å². The molecule has 3 rings (SSSR count). The van der Waals surface area contributed by atoms with Crippen LogP contribution in [0.2, 0.25) is 0 Å². The second kappa shape index (κ2) is 6.97. The van der Waals surface area contributed by atoms with E-state index in [1.165, 1.54) is 0 Å². The van der Waals surface area contributed by atoms with Gasteiger partial charge >= 0.3 is 6.03 Å². The summed E-state index contributed by atoms with van der Waals surface area (Å²) in [5.74, 6) is 0.299. The number of hydrogen-bond donors (Lipinski definition) is 1. The van der Waals surface area contributed by atoms with Crippen molar-refractivity contribution in [2.24, 2.45) is 0 Å². The lowest BCUT2D eigenvalue weighted by atomic mass is 9.99. The topological polar surface area (TPSA) is 82.9 Å². The minimum Gasteiger partial charge on any atom is -0.463 e. The number of allylic oxidation sites excluding steroid dienone is 2. The highest BCUT2D eigenvalue weighted by Crippen LogP contribution is 2.30. The molecule has 0 saturated carbocycles. The van der Waals surface area contributed by atoms with Gasteiger partial charge < -0.3 is 14.6 Å². The van der Waals surface area contributed by atoms with Crippen LogP contribution in [0.3, 0.4) is 0 Å². The van der Waals surface area contributed by atoms with Gasteiger partial charge in [-0.25, -0.2) is 4.79 Å². The zero-order chi connectivity index (χ0) is 18.9. The lowest BCUT2D eigenvalue weighted by Crippen LogP contribution is -2.44. The molecule has 0 radical (unpaired) electrons. The molecule has 2 aliphatic rings. The van der Waals surface area contributed by atoms with E-state index >= 15 is 0 Å². The molecule has 0 bridgehead atoms. The number of aryl methyl sites for hydroxylation is 1. The molecular weight excluding hydrogens is 334 g/mol. The smallest absolute Gasteiger partial charge is 0.325 e. The van der Waals surface area contributed by atoms with Gasteiger partial charge in [-0.3, -0.25) is 14.5 Å². The Balaban J connectivity index is 1.77. The van der Waals surface area contributed by atoms with Crippen molar-refractivity contribution in [3.63, 3.8) is 0 Å². The Morgan fingerprint density at radius 2 is 2.12 bits per heavy atom. The average Bonchev–Trinajstić information content (AvgIpc) is 3.15. The van der Waals surface area contributed by atoms with Crippen molar-refractivity contribution < 1.29 is 18.8 Å². The maximum atomic E-state index is 12.9. The summed E-state index contributed by atoms with van der Waals surface area (Å²) in [6.07, 6.45) is 6.06. The van der Waals surface area contributed by atoms with Gasteiger partial charge in [0.05, 0.1) is 0 Å². The predicted molar refractivity (Wildman–Crippen MR) is 95.0 cm³/mol. The number of hydrogen-bond acceptors (Lipinski definition) is 4. The van der Waals surface area contributed by atoms with Gasteiger partial charge in [0.25, 0.3) is 5.91 Å². The minimum absolute atomic E-state index is 0.246. The van der Waals surface area contributed by atoms with E-state index in [9.17, 15) is 14.4 Å². The number of carbonyl (C=O) groups excluding carboxylic acids is 3. The number of imide groups is 1. The summed E-state index contributed by atoms with van der Waals surface area (Å²) in [4.78, 5) is 40.6. The van der Waals surface area contributed by atoms with Gasteiger partial charge in [0.1, 0.15) is 18.1 Å². The van der Waals surface area contributed by atoms with Crippen LogP contribution in [-0.4, -0.2) is 40.7 Å². The summed E-state index contributed by atoms with van der Waals surface area (Å²) in [6.45, 7) is 5.51. The predicted octanol–water partition coefficient (Wildman–Crippen LogP) is 2.66. The van der Waals surface area contributed by atoms with Crippen molar-refractivity contribution in [3.05, 3.63) is 35.4 Å². The first-order valence-corrected chi connectivity index (χ1v) is 9.07. The van der Waals surface area contributed by atoms with Gasteiger partial charge in [0.2, 0.25) is 5.91 Å². The normalized spacial score (nSPS) is 23.0. The van der Waals surface area contributed by atoms with Gasteiger partial charge in [-0.15, -0.1) is 0 Å². The third-order valence-electron chi connectivity index (χ3n) is 5.03. The summed E-state index contributed by atoms with van der Waals surface area (Å²) < 4.78 is 5.54. The number of rotatable bonds is 5. The van der Waals surface area contributed by atoms with E-state index < -0.39 is 17.5 Å². The largest absolute Gasteiger partial charge is 0.463 e. The quantitative estimate of drug-likeness (QED) is 0.820. The van der Waals surface area contributed by atoms with Gasteiger partial charge in [0, 0.05) is 12.2 Å². The fourth-order valence-electron chi connectivity index (χ4n) is 3.54. The second-order valence-electron chi connectivity index (χ2n) is 6.94. The van der Waals surface area contributed by atoms with E-state index in [0.717, 1.165) is 36.3 Å². The molecule has 1 unspecified atom stereocenters. The van der Waals surface area contributed by atoms with Crippen LogP contribution < -0.4 is 5.32 Å².